The van der Waals surface area contributed by atoms with E-state index in [1.807, 2.05) is 55.8 Å². The van der Waals surface area contributed by atoms with Crippen LogP contribution in [0.1, 0.15) is 32.2 Å². The lowest BCUT2D eigenvalue weighted by atomic mass is 10.1. The van der Waals surface area contributed by atoms with Gasteiger partial charge in [-0.3, -0.25) is 0 Å². The first-order chi connectivity index (χ1) is 12.3. The monoisotopic (exact) mass is 378 g/mol. The average molecular weight is 379 g/mol. The maximum absolute atomic E-state index is 12.6. The van der Waals surface area contributed by atoms with Crippen LogP contribution in [0.15, 0.2) is 36.7 Å². The third-order valence-electron chi connectivity index (χ3n) is 3.71. The molecule has 26 heavy (non-hydrogen) atoms. The van der Waals surface area contributed by atoms with Gasteiger partial charge in [-0.2, -0.15) is 0 Å². The zero-order valence-corrected chi connectivity index (χ0v) is 16.6. The normalized spacial score (nSPS) is 11.4. The van der Waals surface area contributed by atoms with Gasteiger partial charge in [-0.05, 0) is 38.5 Å². The molecule has 1 aromatic carbocycles. The zero-order valence-electron chi connectivity index (χ0n) is 15.8. The third-order valence-corrected chi connectivity index (χ3v) is 3.95. The molecule has 0 unspecified atom stereocenters. The number of urea groups is 1. The molecule has 142 valence electrons. The molecule has 0 aliphatic carbocycles. The first-order valence-corrected chi connectivity index (χ1v) is 8.97. The molecule has 0 spiro atoms. The molecule has 0 saturated heterocycles. The SMILES string of the molecule is COCCN(Cc1nccn1Cc1cccc(Cl)c1)C(=O)NC(C)(C)C. The van der Waals surface area contributed by atoms with Crippen LogP contribution in [0.25, 0.3) is 0 Å². The number of benzene rings is 1. The number of amides is 2. The van der Waals surface area contributed by atoms with Crippen molar-refractivity contribution in [1.29, 1.82) is 0 Å². The van der Waals surface area contributed by atoms with Crippen LogP contribution in [0.5, 0.6) is 0 Å². The van der Waals surface area contributed by atoms with Gasteiger partial charge < -0.3 is 19.5 Å². The molecule has 0 aliphatic rings. The van der Waals surface area contributed by atoms with Crippen molar-refractivity contribution in [3.63, 3.8) is 0 Å². The number of aromatic nitrogens is 2. The van der Waals surface area contributed by atoms with Crippen molar-refractivity contribution < 1.29 is 9.53 Å². The van der Waals surface area contributed by atoms with E-state index >= 15 is 0 Å². The van der Waals surface area contributed by atoms with E-state index in [1.165, 1.54) is 0 Å². The van der Waals surface area contributed by atoms with Gasteiger partial charge in [0.05, 0.1) is 13.2 Å². The summed E-state index contributed by atoms with van der Waals surface area (Å²) in [6, 6.07) is 7.59. The molecular weight excluding hydrogens is 352 g/mol. The molecule has 7 heteroatoms. The maximum atomic E-state index is 12.6. The molecule has 1 N–H and O–H groups in total. The van der Waals surface area contributed by atoms with Gasteiger partial charge in [0.15, 0.2) is 0 Å². The van der Waals surface area contributed by atoms with Crippen LogP contribution in [-0.4, -0.2) is 46.3 Å². The number of nitrogens with zero attached hydrogens (tertiary/aromatic N) is 3. The fourth-order valence-corrected chi connectivity index (χ4v) is 2.71. The predicted molar refractivity (Wildman–Crippen MR) is 103 cm³/mol. The first kappa shape index (κ1) is 20.3. The van der Waals surface area contributed by atoms with Crippen LogP contribution >= 0.6 is 11.6 Å². The lowest BCUT2D eigenvalue weighted by Crippen LogP contribution is -2.49. The van der Waals surface area contributed by atoms with Crippen molar-refractivity contribution in [3.05, 3.63) is 53.1 Å². The minimum atomic E-state index is -0.307. The number of ether oxygens (including phenoxy) is 1. The van der Waals surface area contributed by atoms with E-state index in [9.17, 15) is 4.79 Å². The Morgan fingerprint density at radius 3 is 2.81 bits per heavy atom. The van der Waals surface area contributed by atoms with E-state index in [2.05, 4.69) is 10.3 Å². The highest BCUT2D eigenvalue weighted by Crippen LogP contribution is 2.14. The summed E-state index contributed by atoms with van der Waals surface area (Å²) in [7, 11) is 1.62. The number of imidazole rings is 1. The molecule has 0 aliphatic heterocycles. The highest BCUT2D eigenvalue weighted by atomic mass is 35.5. The summed E-state index contributed by atoms with van der Waals surface area (Å²) >= 11 is 6.07. The van der Waals surface area contributed by atoms with Gasteiger partial charge in [-0.25, -0.2) is 9.78 Å². The lowest BCUT2D eigenvalue weighted by Gasteiger charge is -2.28. The Kier molecular flexibility index (Phi) is 7.06. The van der Waals surface area contributed by atoms with Gasteiger partial charge in [-0.1, -0.05) is 23.7 Å². The number of methoxy groups -OCH3 is 1. The van der Waals surface area contributed by atoms with E-state index in [0.29, 0.717) is 31.3 Å². The van der Waals surface area contributed by atoms with Crippen LogP contribution in [-0.2, 0) is 17.8 Å². The van der Waals surface area contributed by atoms with Crippen molar-refractivity contribution in [2.24, 2.45) is 0 Å². The summed E-state index contributed by atoms with van der Waals surface area (Å²) in [6.07, 6.45) is 3.66. The van der Waals surface area contributed by atoms with Gasteiger partial charge in [0.25, 0.3) is 0 Å². The van der Waals surface area contributed by atoms with Crippen LogP contribution in [0.4, 0.5) is 4.79 Å². The fraction of sp³-hybridized carbons (Fsp3) is 0.474. The number of hydrogen-bond acceptors (Lipinski definition) is 3. The Morgan fingerprint density at radius 1 is 1.38 bits per heavy atom. The van der Waals surface area contributed by atoms with Gasteiger partial charge in [0, 0.05) is 43.2 Å². The Balaban J connectivity index is 2.13. The van der Waals surface area contributed by atoms with Crippen LogP contribution in [0.2, 0.25) is 5.02 Å². The summed E-state index contributed by atoms with van der Waals surface area (Å²) in [5.74, 6) is 0.810. The van der Waals surface area contributed by atoms with Gasteiger partial charge in [0.1, 0.15) is 5.82 Å². The fourth-order valence-electron chi connectivity index (χ4n) is 2.49. The molecule has 2 amide bonds. The molecule has 2 rings (SSSR count). The van der Waals surface area contributed by atoms with Gasteiger partial charge >= 0.3 is 6.03 Å². The minimum absolute atomic E-state index is 0.133. The smallest absolute Gasteiger partial charge is 0.318 e. The number of carbonyl (C=O) groups is 1. The topological polar surface area (TPSA) is 59.4 Å². The lowest BCUT2D eigenvalue weighted by molar-refractivity contribution is 0.140. The highest BCUT2D eigenvalue weighted by molar-refractivity contribution is 6.30. The van der Waals surface area contributed by atoms with Crippen molar-refractivity contribution in [2.75, 3.05) is 20.3 Å². The predicted octanol–water partition coefficient (Wildman–Crippen LogP) is 3.54. The zero-order chi connectivity index (χ0) is 19.2. The summed E-state index contributed by atoms with van der Waals surface area (Å²) < 4.78 is 7.17. The van der Waals surface area contributed by atoms with Gasteiger partial charge in [0.2, 0.25) is 0 Å². The second kappa shape index (κ2) is 9.05. The average Bonchev–Trinajstić information content (AvgIpc) is 2.96. The molecule has 0 atom stereocenters. The van der Waals surface area contributed by atoms with Crippen molar-refractivity contribution in [1.82, 2.24) is 19.8 Å². The molecule has 0 radical (unpaired) electrons. The van der Waals surface area contributed by atoms with Crippen LogP contribution in [0, 0.1) is 0 Å². The maximum Gasteiger partial charge on any atom is 0.318 e. The Bertz CT molecular complexity index is 724. The van der Waals surface area contributed by atoms with Crippen molar-refractivity contribution in [2.45, 2.75) is 39.4 Å². The van der Waals surface area contributed by atoms with E-state index in [4.69, 9.17) is 16.3 Å². The molecule has 0 bridgehead atoms. The summed E-state index contributed by atoms with van der Waals surface area (Å²) in [6.45, 7) is 7.88. The molecular formula is C19H27ClN4O2. The largest absolute Gasteiger partial charge is 0.383 e. The summed E-state index contributed by atoms with van der Waals surface area (Å²) in [4.78, 5) is 18.8. The van der Waals surface area contributed by atoms with Crippen molar-refractivity contribution in [3.8, 4) is 0 Å². The molecule has 0 fully saturated rings. The molecule has 6 nitrogen and oxygen atoms in total. The van der Waals surface area contributed by atoms with E-state index in [1.54, 1.807) is 18.2 Å². The summed E-state index contributed by atoms with van der Waals surface area (Å²) in [5, 5.41) is 3.70. The molecule has 1 heterocycles. The first-order valence-electron chi connectivity index (χ1n) is 8.59. The van der Waals surface area contributed by atoms with Crippen molar-refractivity contribution >= 4 is 17.6 Å². The quantitative estimate of drug-likeness (QED) is 0.801. The Labute approximate surface area is 160 Å². The number of halogens is 1. The second-order valence-electron chi connectivity index (χ2n) is 7.20. The van der Waals surface area contributed by atoms with E-state index in [-0.39, 0.29) is 11.6 Å². The van der Waals surface area contributed by atoms with E-state index in [0.717, 1.165) is 11.4 Å². The van der Waals surface area contributed by atoms with Crippen LogP contribution in [0.3, 0.4) is 0 Å². The number of nitrogens with one attached hydrogen (secondary N) is 1. The van der Waals surface area contributed by atoms with Crippen LogP contribution < -0.4 is 5.32 Å². The highest BCUT2D eigenvalue weighted by Gasteiger charge is 2.21. The number of rotatable bonds is 7. The van der Waals surface area contributed by atoms with E-state index < -0.39 is 0 Å². The second-order valence-corrected chi connectivity index (χ2v) is 7.63. The standard InChI is InChI=1S/C19H27ClN4O2/c1-19(2,3)22-18(25)24(10-11-26-4)14-17-21-8-9-23(17)13-15-6-5-7-16(20)12-15/h5-9,12H,10-11,13-14H2,1-4H3,(H,22,25). The summed E-state index contributed by atoms with van der Waals surface area (Å²) in [5.41, 5.74) is 0.776. The molecule has 0 saturated carbocycles. The third kappa shape index (κ3) is 6.35. The molecule has 2 aromatic rings. The minimum Gasteiger partial charge on any atom is -0.383 e. The van der Waals surface area contributed by atoms with Gasteiger partial charge in [-0.15, -0.1) is 0 Å². The number of carbonyl (C=O) groups excluding carboxylic acids is 1. The Hall–Kier alpha value is -2.05. The molecule has 1 aromatic heterocycles. The number of hydrogen-bond donors (Lipinski definition) is 1. The Morgan fingerprint density at radius 2 is 2.15 bits per heavy atom.